The van der Waals surface area contributed by atoms with Gasteiger partial charge in [-0.3, -0.25) is 4.79 Å². The van der Waals surface area contributed by atoms with Crippen molar-refractivity contribution in [3.63, 3.8) is 0 Å². The van der Waals surface area contributed by atoms with Gasteiger partial charge in [0.1, 0.15) is 17.3 Å². The van der Waals surface area contributed by atoms with Crippen LogP contribution in [0.1, 0.15) is 32.0 Å². The fraction of sp³-hybridized carbons (Fsp3) is 0.0333. The lowest BCUT2D eigenvalue weighted by molar-refractivity contribution is 0.0734. The molecule has 0 aliphatic rings. The van der Waals surface area contributed by atoms with E-state index >= 15 is 0 Å². The number of esters is 1. The van der Waals surface area contributed by atoms with Gasteiger partial charge in [-0.15, -0.1) is 0 Å². The summed E-state index contributed by atoms with van der Waals surface area (Å²) in [6, 6.07) is 27.6. The molecule has 7 heteroatoms. The molecule has 2 N–H and O–H groups in total. The van der Waals surface area contributed by atoms with Crippen molar-refractivity contribution in [3.8, 4) is 16.9 Å². The highest BCUT2D eigenvalue weighted by Crippen LogP contribution is 2.33. The smallest absolute Gasteiger partial charge is 0.343 e. The Hall–Kier alpha value is -5.04. The summed E-state index contributed by atoms with van der Waals surface area (Å²) >= 11 is 0. The van der Waals surface area contributed by atoms with Gasteiger partial charge in [-0.1, -0.05) is 60.2 Å². The molecule has 0 bridgehead atoms. The Bertz CT molecular complexity index is 1640. The van der Waals surface area contributed by atoms with E-state index in [4.69, 9.17) is 4.74 Å². The zero-order valence-corrected chi connectivity index (χ0v) is 19.9. The van der Waals surface area contributed by atoms with E-state index in [9.17, 15) is 14.0 Å². The number of hydrogen-bond donors (Lipinski definition) is 2. The Labute approximate surface area is 212 Å². The third-order valence-electron chi connectivity index (χ3n) is 5.80. The number of nitrogens with one attached hydrogen (secondary N) is 2. The highest BCUT2D eigenvalue weighted by atomic mass is 19.1. The molecule has 6 nitrogen and oxygen atoms in total. The molecule has 0 atom stereocenters. The van der Waals surface area contributed by atoms with Gasteiger partial charge < -0.3 is 9.72 Å². The molecule has 0 unspecified atom stereocenters. The van der Waals surface area contributed by atoms with Crippen LogP contribution in [0, 0.1) is 12.7 Å². The molecule has 0 fully saturated rings. The van der Waals surface area contributed by atoms with Gasteiger partial charge in [0.25, 0.3) is 5.91 Å². The molecule has 0 saturated heterocycles. The molecule has 0 aliphatic heterocycles. The molecule has 0 spiro atoms. The van der Waals surface area contributed by atoms with Crippen molar-refractivity contribution in [2.24, 2.45) is 5.10 Å². The van der Waals surface area contributed by atoms with E-state index < -0.39 is 17.7 Å². The number of aryl methyl sites for hydroxylation is 1. The van der Waals surface area contributed by atoms with Gasteiger partial charge in [0.15, 0.2) is 0 Å². The number of H-pyrrole nitrogens is 1. The summed E-state index contributed by atoms with van der Waals surface area (Å²) in [6.45, 7) is 1.90. The second kappa shape index (κ2) is 10.3. The van der Waals surface area contributed by atoms with Gasteiger partial charge in [-0.25, -0.2) is 14.6 Å². The van der Waals surface area contributed by atoms with Crippen LogP contribution in [0.2, 0.25) is 0 Å². The third-order valence-corrected chi connectivity index (χ3v) is 5.80. The molecule has 4 aromatic carbocycles. The summed E-state index contributed by atoms with van der Waals surface area (Å²) in [6.07, 6.45) is 1.40. The van der Waals surface area contributed by atoms with Crippen LogP contribution in [0.15, 0.2) is 102 Å². The molecule has 5 rings (SSSR count). The molecule has 0 radical (unpaired) electrons. The number of benzene rings is 4. The van der Waals surface area contributed by atoms with E-state index in [0.29, 0.717) is 33.3 Å². The molecule has 5 aromatic rings. The van der Waals surface area contributed by atoms with Gasteiger partial charge in [0, 0.05) is 22.0 Å². The first-order valence-corrected chi connectivity index (χ1v) is 11.6. The van der Waals surface area contributed by atoms with Crippen molar-refractivity contribution in [2.75, 3.05) is 0 Å². The number of para-hydroxylation sites is 1. The summed E-state index contributed by atoms with van der Waals surface area (Å²) in [4.78, 5) is 28.8. The van der Waals surface area contributed by atoms with Gasteiger partial charge in [-0.2, -0.15) is 5.10 Å². The Balaban J connectivity index is 1.39. The number of halogens is 1. The van der Waals surface area contributed by atoms with Crippen LogP contribution in [0.3, 0.4) is 0 Å². The fourth-order valence-corrected chi connectivity index (χ4v) is 4.07. The first-order chi connectivity index (χ1) is 18.0. The standard InChI is InChI=1S/C30H22FN3O3/c1-19-8-7-12-21(16-19)30(36)37-26-13-6-5-11-22(26)18-32-34-29(35)28-27(20-9-3-2-4-10-20)24-17-23(31)14-15-25(24)33-28/h2-18,33H,1H3,(H,34,35). The number of aromatic nitrogens is 1. The van der Waals surface area contributed by atoms with Gasteiger partial charge >= 0.3 is 5.97 Å². The number of fused-ring (bicyclic) bond motifs is 1. The van der Waals surface area contributed by atoms with Crippen LogP contribution in [-0.2, 0) is 0 Å². The van der Waals surface area contributed by atoms with Crippen LogP contribution in [-0.4, -0.2) is 23.1 Å². The van der Waals surface area contributed by atoms with Crippen molar-refractivity contribution in [2.45, 2.75) is 6.92 Å². The highest BCUT2D eigenvalue weighted by Gasteiger charge is 2.19. The zero-order valence-electron chi connectivity index (χ0n) is 19.9. The average molecular weight is 492 g/mol. The molecule has 37 heavy (non-hydrogen) atoms. The number of aromatic amines is 1. The van der Waals surface area contributed by atoms with Crippen molar-refractivity contribution in [1.29, 1.82) is 0 Å². The van der Waals surface area contributed by atoms with Crippen LogP contribution in [0.25, 0.3) is 22.0 Å². The molecular weight excluding hydrogens is 469 g/mol. The molecule has 0 aliphatic carbocycles. The predicted molar refractivity (Wildman–Crippen MR) is 141 cm³/mol. The summed E-state index contributed by atoms with van der Waals surface area (Å²) in [5, 5.41) is 4.68. The number of hydrazone groups is 1. The maximum absolute atomic E-state index is 14.0. The van der Waals surface area contributed by atoms with E-state index in [1.54, 1.807) is 48.5 Å². The van der Waals surface area contributed by atoms with Crippen LogP contribution < -0.4 is 10.2 Å². The molecule has 1 heterocycles. The maximum Gasteiger partial charge on any atom is 0.343 e. The van der Waals surface area contributed by atoms with Crippen molar-refractivity contribution < 1.29 is 18.7 Å². The Morgan fingerprint density at radius 3 is 2.51 bits per heavy atom. The van der Waals surface area contributed by atoms with Crippen LogP contribution in [0.4, 0.5) is 4.39 Å². The number of carbonyl (C=O) groups is 2. The summed E-state index contributed by atoms with van der Waals surface area (Å²) in [7, 11) is 0. The third kappa shape index (κ3) is 5.16. The second-order valence-corrected chi connectivity index (χ2v) is 8.43. The molecule has 182 valence electrons. The van der Waals surface area contributed by atoms with Crippen molar-refractivity contribution in [1.82, 2.24) is 10.4 Å². The second-order valence-electron chi connectivity index (χ2n) is 8.43. The van der Waals surface area contributed by atoms with Gasteiger partial charge in [0.05, 0.1) is 11.8 Å². The number of carbonyl (C=O) groups excluding carboxylic acids is 2. The van der Waals surface area contributed by atoms with Gasteiger partial charge in [0.2, 0.25) is 0 Å². The average Bonchev–Trinajstić information content (AvgIpc) is 3.29. The lowest BCUT2D eigenvalue weighted by Crippen LogP contribution is -2.19. The van der Waals surface area contributed by atoms with E-state index in [0.717, 1.165) is 11.1 Å². The van der Waals surface area contributed by atoms with E-state index in [1.807, 2.05) is 43.3 Å². The van der Waals surface area contributed by atoms with E-state index in [1.165, 1.54) is 18.3 Å². The number of nitrogens with zero attached hydrogens (tertiary/aromatic N) is 1. The summed E-state index contributed by atoms with van der Waals surface area (Å²) < 4.78 is 19.6. The first kappa shape index (κ1) is 23.7. The number of rotatable bonds is 6. The van der Waals surface area contributed by atoms with E-state index in [2.05, 4.69) is 15.5 Å². The Kier molecular flexibility index (Phi) is 6.59. The van der Waals surface area contributed by atoms with Crippen molar-refractivity contribution >= 4 is 29.0 Å². The summed E-state index contributed by atoms with van der Waals surface area (Å²) in [5.41, 5.74) is 6.63. The number of amides is 1. The topological polar surface area (TPSA) is 83.5 Å². The minimum atomic E-state index is -0.499. The lowest BCUT2D eigenvalue weighted by atomic mass is 10.0. The Morgan fingerprint density at radius 1 is 0.919 bits per heavy atom. The molecular formula is C30H22FN3O3. The monoisotopic (exact) mass is 491 g/mol. The van der Waals surface area contributed by atoms with Crippen LogP contribution >= 0.6 is 0 Å². The number of hydrogen-bond acceptors (Lipinski definition) is 4. The summed E-state index contributed by atoms with van der Waals surface area (Å²) in [5.74, 6) is -1.09. The largest absolute Gasteiger partial charge is 0.422 e. The quantitative estimate of drug-likeness (QED) is 0.127. The normalized spacial score (nSPS) is 11.1. The SMILES string of the molecule is Cc1cccc(C(=O)Oc2ccccc2C=NNC(=O)c2[nH]c3ccc(F)cc3c2-c2ccccc2)c1. The van der Waals surface area contributed by atoms with Crippen molar-refractivity contribution in [3.05, 3.63) is 125 Å². The minimum Gasteiger partial charge on any atom is -0.422 e. The Morgan fingerprint density at radius 2 is 1.70 bits per heavy atom. The maximum atomic E-state index is 14.0. The fourth-order valence-electron chi connectivity index (χ4n) is 4.07. The van der Waals surface area contributed by atoms with Gasteiger partial charge in [-0.05, 0) is 55.0 Å². The first-order valence-electron chi connectivity index (χ1n) is 11.6. The van der Waals surface area contributed by atoms with E-state index in [-0.39, 0.29) is 5.69 Å². The molecule has 1 aromatic heterocycles. The highest BCUT2D eigenvalue weighted by molar-refractivity contribution is 6.09. The molecule has 0 saturated carbocycles. The van der Waals surface area contributed by atoms with Crippen LogP contribution in [0.5, 0.6) is 5.75 Å². The predicted octanol–water partition coefficient (Wildman–Crippen LogP) is 6.27. The number of ether oxygens (including phenoxy) is 1. The lowest BCUT2D eigenvalue weighted by Gasteiger charge is -2.08. The minimum absolute atomic E-state index is 0.253. The molecule has 1 amide bonds. The zero-order chi connectivity index (χ0) is 25.8.